The summed E-state index contributed by atoms with van der Waals surface area (Å²) >= 11 is 1.72. The van der Waals surface area contributed by atoms with Crippen LogP contribution >= 0.6 is 11.3 Å². The van der Waals surface area contributed by atoms with E-state index in [0.717, 1.165) is 29.2 Å². The van der Waals surface area contributed by atoms with E-state index in [9.17, 15) is 0 Å². The molecule has 0 unspecified atom stereocenters. The lowest BCUT2D eigenvalue weighted by Crippen LogP contribution is -2.00. The van der Waals surface area contributed by atoms with Crippen LogP contribution in [0.4, 0.5) is 0 Å². The molecule has 0 aromatic carbocycles. The van der Waals surface area contributed by atoms with Crippen molar-refractivity contribution in [2.24, 2.45) is 0 Å². The molecule has 0 amide bonds. The number of aromatic amines is 1. The molecule has 1 N–H and O–H groups in total. The lowest BCUT2D eigenvalue weighted by Gasteiger charge is -1.98. The molecule has 4 aromatic rings. The number of hydrogen-bond acceptors (Lipinski definition) is 4. The van der Waals surface area contributed by atoms with Gasteiger partial charge in [0.1, 0.15) is 11.2 Å². The Kier molecular flexibility index (Phi) is 2.60. The number of hydrogen-bond donors (Lipinski definition) is 1. The van der Waals surface area contributed by atoms with Gasteiger partial charge in [0.25, 0.3) is 0 Å². The number of rotatable bonds is 3. The Morgan fingerprint density at radius 3 is 3.00 bits per heavy atom. The van der Waals surface area contributed by atoms with Crippen molar-refractivity contribution in [1.29, 1.82) is 0 Å². The fourth-order valence-electron chi connectivity index (χ4n) is 2.14. The van der Waals surface area contributed by atoms with Crippen LogP contribution in [0.25, 0.3) is 22.7 Å². The lowest BCUT2D eigenvalue weighted by atomic mass is 10.3. The summed E-state index contributed by atoms with van der Waals surface area (Å²) in [6, 6.07) is 9.93. The fourth-order valence-corrected chi connectivity index (χ4v) is 2.82. The van der Waals surface area contributed by atoms with Crippen LogP contribution in [0.15, 0.2) is 48.1 Å². The Morgan fingerprint density at radius 1 is 1.20 bits per heavy atom. The van der Waals surface area contributed by atoms with E-state index >= 15 is 0 Å². The lowest BCUT2D eigenvalue weighted by molar-refractivity contribution is 0.713. The van der Waals surface area contributed by atoms with Gasteiger partial charge in [-0.2, -0.15) is 5.10 Å². The van der Waals surface area contributed by atoms with Gasteiger partial charge in [-0.25, -0.2) is 9.67 Å². The molecule has 0 atom stereocenters. The second kappa shape index (κ2) is 4.57. The van der Waals surface area contributed by atoms with Gasteiger partial charge in [-0.1, -0.05) is 12.1 Å². The maximum absolute atomic E-state index is 4.61. The third kappa shape index (κ3) is 1.90. The summed E-state index contributed by atoms with van der Waals surface area (Å²) in [6.07, 6.45) is 3.57. The van der Waals surface area contributed by atoms with Gasteiger partial charge in [-0.3, -0.25) is 4.98 Å². The Hall–Kier alpha value is -2.47. The predicted octanol–water partition coefficient (Wildman–Crippen LogP) is 2.93. The minimum atomic E-state index is 0.744. The van der Waals surface area contributed by atoms with Gasteiger partial charge in [-0.15, -0.1) is 11.3 Å². The quantitative estimate of drug-likeness (QED) is 0.628. The first-order chi connectivity index (χ1) is 9.90. The topological polar surface area (TPSA) is 59.4 Å². The third-order valence-corrected chi connectivity index (χ3v) is 3.94. The van der Waals surface area contributed by atoms with Gasteiger partial charge in [-0.05, 0) is 23.6 Å². The summed E-state index contributed by atoms with van der Waals surface area (Å²) in [6.45, 7) is 0.744. The van der Waals surface area contributed by atoms with E-state index in [1.165, 1.54) is 4.88 Å². The fraction of sp³-hybridized carbons (Fsp3) is 0.0714. The van der Waals surface area contributed by atoms with E-state index < -0.39 is 0 Å². The van der Waals surface area contributed by atoms with Crippen LogP contribution in [0.2, 0.25) is 0 Å². The number of thiophene rings is 1. The third-order valence-electron chi connectivity index (χ3n) is 3.08. The average Bonchev–Trinajstić information content (AvgIpc) is 3.19. The zero-order chi connectivity index (χ0) is 13.4. The largest absolute Gasteiger partial charge is 0.334 e. The van der Waals surface area contributed by atoms with Crippen LogP contribution < -0.4 is 0 Å². The first kappa shape index (κ1) is 11.4. The minimum absolute atomic E-state index is 0.744. The van der Waals surface area contributed by atoms with Crippen molar-refractivity contribution < 1.29 is 0 Å². The Bertz CT molecular complexity index is 829. The van der Waals surface area contributed by atoms with E-state index in [1.54, 1.807) is 17.5 Å². The van der Waals surface area contributed by atoms with E-state index in [0.29, 0.717) is 0 Å². The SMILES string of the molecule is c1ccc(-c2nc3c(cnn3Cc3cccs3)[nH]2)nc1. The number of nitrogens with zero attached hydrogens (tertiary/aromatic N) is 4. The van der Waals surface area contributed by atoms with Crippen LogP contribution in [0, 0.1) is 0 Å². The summed E-state index contributed by atoms with van der Waals surface area (Å²) in [5.41, 5.74) is 2.63. The van der Waals surface area contributed by atoms with E-state index in [1.807, 2.05) is 35.1 Å². The molecule has 0 fully saturated rings. The summed E-state index contributed by atoms with van der Waals surface area (Å²) in [5, 5.41) is 6.44. The number of nitrogens with one attached hydrogen (secondary N) is 1. The van der Waals surface area contributed by atoms with Crippen LogP contribution in [-0.4, -0.2) is 24.7 Å². The molecule has 20 heavy (non-hydrogen) atoms. The average molecular weight is 281 g/mol. The molecule has 0 saturated carbocycles. The molecule has 5 nitrogen and oxygen atoms in total. The van der Waals surface area contributed by atoms with Gasteiger partial charge in [0, 0.05) is 11.1 Å². The van der Waals surface area contributed by atoms with Gasteiger partial charge >= 0.3 is 0 Å². The smallest absolute Gasteiger partial charge is 0.177 e. The highest BCUT2D eigenvalue weighted by molar-refractivity contribution is 7.09. The summed E-state index contributed by atoms with van der Waals surface area (Å²) in [5.74, 6) is 0.776. The molecule has 0 radical (unpaired) electrons. The number of H-pyrrole nitrogens is 1. The van der Waals surface area contributed by atoms with Crippen molar-refractivity contribution in [1.82, 2.24) is 24.7 Å². The number of fused-ring (bicyclic) bond motifs is 1. The van der Waals surface area contributed by atoms with E-state index in [4.69, 9.17) is 0 Å². The van der Waals surface area contributed by atoms with Gasteiger partial charge in [0.05, 0.1) is 12.7 Å². The van der Waals surface area contributed by atoms with Crippen LogP contribution in [-0.2, 0) is 6.54 Å². The van der Waals surface area contributed by atoms with Crippen molar-refractivity contribution in [2.75, 3.05) is 0 Å². The molecule has 4 aromatic heterocycles. The second-order valence-corrected chi connectivity index (χ2v) is 5.45. The molecule has 0 aliphatic carbocycles. The van der Waals surface area contributed by atoms with Crippen molar-refractivity contribution in [3.05, 3.63) is 53.0 Å². The molecule has 0 aliphatic heterocycles. The summed E-state index contributed by atoms with van der Waals surface area (Å²) in [4.78, 5) is 13.4. The van der Waals surface area contributed by atoms with Gasteiger partial charge < -0.3 is 4.98 Å². The molecule has 4 rings (SSSR count). The monoisotopic (exact) mass is 281 g/mol. The van der Waals surface area contributed by atoms with E-state index in [-0.39, 0.29) is 0 Å². The molecular weight excluding hydrogens is 270 g/mol. The highest BCUT2D eigenvalue weighted by Crippen LogP contribution is 2.19. The zero-order valence-electron chi connectivity index (χ0n) is 10.5. The molecule has 0 aliphatic rings. The number of imidazole rings is 1. The molecular formula is C14H11N5S. The molecule has 6 heteroatoms. The standard InChI is InChI=1S/C14H11N5S/c1-2-6-15-11(5-1)13-17-12-8-16-19(14(12)18-13)9-10-4-3-7-20-10/h1-8H,9H2,(H,17,18). The number of aromatic nitrogens is 5. The van der Waals surface area contributed by atoms with Crippen molar-refractivity contribution >= 4 is 22.5 Å². The van der Waals surface area contributed by atoms with E-state index in [2.05, 4.69) is 31.5 Å². The number of pyridine rings is 1. The van der Waals surface area contributed by atoms with Crippen LogP contribution in [0.1, 0.15) is 4.88 Å². The molecule has 0 spiro atoms. The zero-order valence-corrected chi connectivity index (χ0v) is 11.3. The van der Waals surface area contributed by atoms with Crippen LogP contribution in [0.5, 0.6) is 0 Å². The van der Waals surface area contributed by atoms with Crippen molar-refractivity contribution in [2.45, 2.75) is 6.54 Å². The van der Waals surface area contributed by atoms with Crippen molar-refractivity contribution in [3.8, 4) is 11.5 Å². The second-order valence-electron chi connectivity index (χ2n) is 4.42. The highest BCUT2D eigenvalue weighted by Gasteiger charge is 2.11. The maximum Gasteiger partial charge on any atom is 0.177 e. The van der Waals surface area contributed by atoms with Crippen molar-refractivity contribution in [3.63, 3.8) is 0 Å². The first-order valence-corrected chi connectivity index (χ1v) is 7.13. The Morgan fingerprint density at radius 2 is 2.20 bits per heavy atom. The Labute approximate surface area is 118 Å². The Balaban J connectivity index is 1.75. The minimum Gasteiger partial charge on any atom is -0.334 e. The normalized spacial score (nSPS) is 11.2. The molecule has 0 bridgehead atoms. The van der Waals surface area contributed by atoms with Crippen LogP contribution in [0.3, 0.4) is 0 Å². The molecule has 4 heterocycles. The summed E-state index contributed by atoms with van der Waals surface area (Å²) in [7, 11) is 0. The van der Waals surface area contributed by atoms with Gasteiger partial charge in [0.2, 0.25) is 0 Å². The maximum atomic E-state index is 4.61. The molecule has 0 saturated heterocycles. The highest BCUT2D eigenvalue weighted by atomic mass is 32.1. The predicted molar refractivity (Wildman–Crippen MR) is 78.5 cm³/mol. The van der Waals surface area contributed by atoms with Gasteiger partial charge in [0.15, 0.2) is 11.5 Å². The molecule has 98 valence electrons. The summed E-state index contributed by atoms with van der Waals surface area (Å²) < 4.78 is 1.91. The first-order valence-electron chi connectivity index (χ1n) is 6.25.